The Hall–Kier alpha value is -2.82. The number of hydrogen-bond donors (Lipinski definition) is 1. The third-order valence-electron chi connectivity index (χ3n) is 3.51. The summed E-state index contributed by atoms with van der Waals surface area (Å²) in [6, 6.07) is 14.8. The summed E-state index contributed by atoms with van der Waals surface area (Å²) in [5, 5.41) is 2.80. The van der Waals surface area contributed by atoms with Crippen molar-refractivity contribution in [3.05, 3.63) is 59.7 Å². The van der Waals surface area contributed by atoms with Gasteiger partial charge in [-0.1, -0.05) is 30.3 Å². The van der Waals surface area contributed by atoms with Gasteiger partial charge in [0.25, 0.3) is 5.91 Å². The van der Waals surface area contributed by atoms with Gasteiger partial charge in [-0.15, -0.1) is 0 Å². The Morgan fingerprint density at radius 2 is 1.83 bits per heavy atom. The largest absolute Gasteiger partial charge is 0.497 e. The molecule has 0 fully saturated rings. The number of Topliss-reactive ketones (excluding diaryl/α,β-unsaturated/α-hetero) is 1. The second-order valence-electron chi connectivity index (χ2n) is 5.29. The summed E-state index contributed by atoms with van der Waals surface area (Å²) in [5.74, 6) is 0.555. The molecule has 0 aliphatic rings. The van der Waals surface area contributed by atoms with Crippen molar-refractivity contribution in [2.75, 3.05) is 20.3 Å². The van der Waals surface area contributed by atoms with Crippen LogP contribution < -0.4 is 14.8 Å². The van der Waals surface area contributed by atoms with E-state index in [2.05, 4.69) is 5.32 Å². The van der Waals surface area contributed by atoms with Crippen molar-refractivity contribution in [3.8, 4) is 11.5 Å². The monoisotopic (exact) mass is 327 g/mol. The zero-order valence-corrected chi connectivity index (χ0v) is 13.9. The van der Waals surface area contributed by atoms with Crippen LogP contribution in [0.1, 0.15) is 22.8 Å². The van der Waals surface area contributed by atoms with Crippen molar-refractivity contribution in [1.29, 1.82) is 0 Å². The van der Waals surface area contributed by atoms with Gasteiger partial charge in [-0.2, -0.15) is 0 Å². The van der Waals surface area contributed by atoms with Gasteiger partial charge in [0.05, 0.1) is 12.7 Å². The van der Waals surface area contributed by atoms with Crippen LogP contribution in [0.4, 0.5) is 0 Å². The Kier molecular flexibility index (Phi) is 6.37. The highest BCUT2D eigenvalue weighted by Crippen LogP contribution is 2.25. The van der Waals surface area contributed by atoms with Crippen molar-refractivity contribution in [2.45, 2.75) is 13.3 Å². The Morgan fingerprint density at radius 1 is 1.08 bits per heavy atom. The molecule has 1 N–H and O–H groups in total. The second kappa shape index (κ2) is 8.72. The lowest BCUT2D eigenvalue weighted by atomic mass is 10.1. The minimum Gasteiger partial charge on any atom is -0.497 e. The molecule has 0 spiro atoms. The SMILES string of the molecule is COc1ccc(C(C)=O)c(OCC(=O)NCCc2ccccc2)c1. The van der Waals surface area contributed by atoms with E-state index < -0.39 is 0 Å². The molecule has 0 saturated carbocycles. The molecule has 2 aromatic rings. The average Bonchev–Trinajstić information content (AvgIpc) is 2.60. The van der Waals surface area contributed by atoms with Crippen LogP contribution in [0.2, 0.25) is 0 Å². The number of ketones is 1. The first-order valence-electron chi connectivity index (χ1n) is 7.72. The molecular formula is C19H21NO4. The number of benzene rings is 2. The number of methoxy groups -OCH3 is 1. The van der Waals surface area contributed by atoms with Crippen molar-refractivity contribution < 1.29 is 19.1 Å². The summed E-state index contributed by atoms with van der Waals surface area (Å²) in [7, 11) is 1.53. The minimum absolute atomic E-state index is 0.128. The highest BCUT2D eigenvalue weighted by molar-refractivity contribution is 5.97. The predicted octanol–water partition coefficient (Wildman–Crippen LogP) is 2.64. The van der Waals surface area contributed by atoms with Gasteiger partial charge in [-0.05, 0) is 31.0 Å². The van der Waals surface area contributed by atoms with E-state index in [1.807, 2.05) is 30.3 Å². The van der Waals surface area contributed by atoms with E-state index in [1.54, 1.807) is 18.2 Å². The van der Waals surface area contributed by atoms with E-state index in [9.17, 15) is 9.59 Å². The Morgan fingerprint density at radius 3 is 2.50 bits per heavy atom. The van der Waals surface area contributed by atoms with Crippen molar-refractivity contribution in [3.63, 3.8) is 0 Å². The third kappa shape index (κ3) is 5.12. The molecule has 5 nitrogen and oxygen atoms in total. The van der Waals surface area contributed by atoms with Crippen molar-refractivity contribution in [1.82, 2.24) is 5.32 Å². The van der Waals surface area contributed by atoms with Crippen LogP contribution >= 0.6 is 0 Å². The molecule has 1 amide bonds. The van der Waals surface area contributed by atoms with E-state index >= 15 is 0 Å². The molecule has 2 rings (SSSR count). The fourth-order valence-corrected chi connectivity index (χ4v) is 2.23. The maximum Gasteiger partial charge on any atom is 0.257 e. The van der Waals surface area contributed by atoms with Crippen LogP contribution in [0.5, 0.6) is 11.5 Å². The van der Waals surface area contributed by atoms with E-state index in [0.717, 1.165) is 12.0 Å². The summed E-state index contributed by atoms with van der Waals surface area (Å²) in [6.07, 6.45) is 0.754. The summed E-state index contributed by atoms with van der Waals surface area (Å²) < 4.78 is 10.6. The van der Waals surface area contributed by atoms with Gasteiger partial charge in [0.15, 0.2) is 12.4 Å². The highest BCUT2D eigenvalue weighted by Gasteiger charge is 2.11. The van der Waals surface area contributed by atoms with Crippen LogP contribution in [0, 0.1) is 0 Å². The third-order valence-corrected chi connectivity index (χ3v) is 3.51. The van der Waals surface area contributed by atoms with Gasteiger partial charge in [-0.25, -0.2) is 0 Å². The van der Waals surface area contributed by atoms with Gasteiger partial charge in [0.1, 0.15) is 11.5 Å². The van der Waals surface area contributed by atoms with E-state index in [0.29, 0.717) is 23.6 Å². The fourth-order valence-electron chi connectivity index (χ4n) is 2.23. The molecule has 0 atom stereocenters. The molecule has 2 aromatic carbocycles. The summed E-state index contributed by atoms with van der Waals surface area (Å²) in [4.78, 5) is 23.5. The molecule has 0 unspecified atom stereocenters. The maximum absolute atomic E-state index is 11.9. The molecular weight excluding hydrogens is 306 g/mol. The Bertz CT molecular complexity index is 698. The number of nitrogens with one attached hydrogen (secondary N) is 1. The zero-order chi connectivity index (χ0) is 17.4. The molecule has 0 aliphatic heterocycles. The molecule has 126 valence electrons. The normalized spacial score (nSPS) is 10.1. The molecule has 0 aromatic heterocycles. The first-order valence-corrected chi connectivity index (χ1v) is 7.72. The standard InChI is InChI=1S/C19H21NO4/c1-14(21)17-9-8-16(23-2)12-18(17)24-13-19(22)20-11-10-15-6-4-3-5-7-15/h3-9,12H,10-11,13H2,1-2H3,(H,20,22). The van der Waals surface area contributed by atoms with E-state index in [-0.39, 0.29) is 18.3 Å². The molecule has 0 heterocycles. The number of amides is 1. The Labute approximate surface area is 141 Å². The lowest BCUT2D eigenvalue weighted by Crippen LogP contribution is -2.30. The predicted molar refractivity (Wildman–Crippen MR) is 91.6 cm³/mol. The first-order chi connectivity index (χ1) is 11.6. The van der Waals surface area contributed by atoms with Gasteiger partial charge in [0, 0.05) is 12.6 Å². The summed E-state index contributed by atoms with van der Waals surface area (Å²) in [5.41, 5.74) is 1.58. The summed E-state index contributed by atoms with van der Waals surface area (Å²) >= 11 is 0. The molecule has 0 radical (unpaired) electrons. The lowest BCUT2D eigenvalue weighted by molar-refractivity contribution is -0.123. The van der Waals surface area contributed by atoms with Crippen LogP contribution in [0.25, 0.3) is 0 Å². The minimum atomic E-state index is -0.233. The quantitative estimate of drug-likeness (QED) is 0.757. The molecule has 5 heteroatoms. The number of carbonyl (C=O) groups excluding carboxylic acids is 2. The van der Waals surface area contributed by atoms with Crippen molar-refractivity contribution in [2.24, 2.45) is 0 Å². The van der Waals surface area contributed by atoms with Crippen LogP contribution in [-0.2, 0) is 11.2 Å². The average molecular weight is 327 g/mol. The molecule has 24 heavy (non-hydrogen) atoms. The van der Waals surface area contributed by atoms with Crippen LogP contribution in [0.3, 0.4) is 0 Å². The first kappa shape index (κ1) is 17.5. The number of hydrogen-bond acceptors (Lipinski definition) is 4. The topological polar surface area (TPSA) is 64.6 Å². The van der Waals surface area contributed by atoms with Crippen LogP contribution in [-0.4, -0.2) is 32.0 Å². The highest BCUT2D eigenvalue weighted by atomic mass is 16.5. The number of ether oxygens (including phenoxy) is 2. The lowest BCUT2D eigenvalue weighted by Gasteiger charge is -2.11. The van der Waals surface area contributed by atoms with Gasteiger partial charge in [0.2, 0.25) is 0 Å². The Balaban J connectivity index is 1.86. The maximum atomic E-state index is 11.9. The van der Waals surface area contributed by atoms with Gasteiger partial charge in [-0.3, -0.25) is 9.59 Å². The van der Waals surface area contributed by atoms with Crippen LogP contribution in [0.15, 0.2) is 48.5 Å². The zero-order valence-electron chi connectivity index (χ0n) is 13.9. The molecule has 0 aliphatic carbocycles. The van der Waals surface area contributed by atoms with E-state index in [4.69, 9.17) is 9.47 Å². The van der Waals surface area contributed by atoms with Gasteiger partial charge < -0.3 is 14.8 Å². The number of carbonyl (C=O) groups is 2. The molecule has 0 saturated heterocycles. The van der Waals surface area contributed by atoms with Gasteiger partial charge >= 0.3 is 0 Å². The smallest absolute Gasteiger partial charge is 0.257 e. The second-order valence-corrected chi connectivity index (χ2v) is 5.29. The number of rotatable bonds is 8. The van der Waals surface area contributed by atoms with E-state index in [1.165, 1.54) is 14.0 Å². The fraction of sp³-hybridized carbons (Fsp3) is 0.263. The summed E-state index contributed by atoms with van der Waals surface area (Å²) in [6.45, 7) is 1.83. The van der Waals surface area contributed by atoms with Crippen molar-refractivity contribution >= 4 is 11.7 Å². The molecule has 0 bridgehead atoms.